The molecule has 1 heterocycles. The Labute approximate surface area is 142 Å². The summed E-state index contributed by atoms with van der Waals surface area (Å²) in [7, 11) is -2.87. The summed E-state index contributed by atoms with van der Waals surface area (Å²) in [6.45, 7) is 2.95. The fourth-order valence-corrected chi connectivity index (χ4v) is 4.83. The highest BCUT2D eigenvalue weighted by Crippen LogP contribution is 2.38. The van der Waals surface area contributed by atoms with Crippen LogP contribution in [0.4, 0.5) is 0 Å². The van der Waals surface area contributed by atoms with Gasteiger partial charge in [-0.25, -0.2) is 18.2 Å². The summed E-state index contributed by atoms with van der Waals surface area (Å²) < 4.78 is 36.4. The zero-order chi connectivity index (χ0) is 17.8. The Morgan fingerprint density at radius 3 is 2.50 bits per heavy atom. The van der Waals surface area contributed by atoms with Crippen LogP contribution in [0.25, 0.3) is 0 Å². The summed E-state index contributed by atoms with van der Waals surface area (Å²) in [5, 5.41) is 1.07. The Kier molecular flexibility index (Phi) is 5.84. The minimum atomic E-state index is -4.03. The van der Waals surface area contributed by atoms with Crippen LogP contribution in [0.5, 0.6) is 5.75 Å². The first-order chi connectivity index (χ1) is 11.4. The third kappa shape index (κ3) is 3.13. The molecule has 2 N–H and O–H groups in total. The van der Waals surface area contributed by atoms with Crippen molar-refractivity contribution in [1.82, 2.24) is 5.01 Å². The summed E-state index contributed by atoms with van der Waals surface area (Å²) in [5.74, 6) is 5.59. The molecule has 0 aromatic heterocycles. The van der Waals surface area contributed by atoms with Gasteiger partial charge in [0.25, 0.3) is 0 Å². The Bertz CT molecular complexity index is 674. The molecule has 1 aliphatic heterocycles. The molecule has 0 amide bonds. The molecule has 7 nitrogen and oxygen atoms in total. The summed E-state index contributed by atoms with van der Waals surface area (Å²) >= 11 is 0. The van der Waals surface area contributed by atoms with Crippen LogP contribution in [-0.4, -0.2) is 44.5 Å². The van der Waals surface area contributed by atoms with Crippen molar-refractivity contribution in [3.63, 3.8) is 0 Å². The number of rotatable bonds is 7. The van der Waals surface area contributed by atoms with E-state index in [0.29, 0.717) is 25.3 Å². The summed E-state index contributed by atoms with van der Waals surface area (Å²) in [5.41, 5.74) is 0. The quantitative estimate of drug-likeness (QED) is 0.449. The molecule has 24 heavy (non-hydrogen) atoms. The van der Waals surface area contributed by atoms with Crippen molar-refractivity contribution in [2.24, 2.45) is 5.84 Å². The molecule has 1 atom stereocenters. The number of carbonyl (C=O) groups excluding carboxylic acids is 1. The first-order valence-electron chi connectivity index (χ1n) is 7.98. The lowest BCUT2D eigenvalue weighted by Gasteiger charge is -2.32. The van der Waals surface area contributed by atoms with Crippen LogP contribution in [0, 0.1) is 0 Å². The van der Waals surface area contributed by atoms with E-state index in [4.69, 9.17) is 15.3 Å². The minimum Gasteiger partial charge on any atom is -0.494 e. The standard InChI is InChI=1S/C16H24N2O5S/c1-3-4-12-23-13-6-8-14(9-7-13)24(20,21)16(15(19)22-2)10-5-11-18(16)17/h6-9H,3-5,10-12,17H2,1-2H3. The van der Waals surface area contributed by atoms with Crippen molar-refractivity contribution in [1.29, 1.82) is 0 Å². The smallest absolute Gasteiger partial charge is 0.343 e. The van der Waals surface area contributed by atoms with Gasteiger partial charge in [0.1, 0.15) is 5.75 Å². The fraction of sp³-hybridized carbons (Fsp3) is 0.562. The molecule has 134 valence electrons. The lowest BCUT2D eigenvalue weighted by molar-refractivity contribution is -0.148. The van der Waals surface area contributed by atoms with E-state index < -0.39 is 20.7 Å². The predicted molar refractivity (Wildman–Crippen MR) is 88.9 cm³/mol. The van der Waals surface area contributed by atoms with Gasteiger partial charge in [0, 0.05) is 6.54 Å². The van der Waals surface area contributed by atoms with E-state index in [9.17, 15) is 13.2 Å². The number of benzene rings is 1. The van der Waals surface area contributed by atoms with Crippen LogP contribution in [-0.2, 0) is 19.4 Å². The van der Waals surface area contributed by atoms with Crippen molar-refractivity contribution in [3.05, 3.63) is 24.3 Å². The zero-order valence-electron chi connectivity index (χ0n) is 14.0. The number of sulfone groups is 1. The van der Waals surface area contributed by atoms with Gasteiger partial charge >= 0.3 is 5.97 Å². The predicted octanol–water partition coefficient (Wildman–Crippen LogP) is 1.48. The average molecular weight is 356 g/mol. The number of hydrogen-bond donors (Lipinski definition) is 1. The summed E-state index contributed by atoms with van der Waals surface area (Å²) in [6.07, 6.45) is 2.55. The molecule has 0 spiro atoms. The molecule has 0 saturated carbocycles. The van der Waals surface area contributed by atoms with Crippen molar-refractivity contribution in [2.75, 3.05) is 20.3 Å². The molecule has 8 heteroatoms. The number of nitrogens with two attached hydrogens (primary N) is 1. The van der Waals surface area contributed by atoms with Crippen LogP contribution in [0.2, 0.25) is 0 Å². The Balaban J connectivity index is 2.33. The minimum absolute atomic E-state index is 0.0214. The highest BCUT2D eigenvalue weighted by atomic mass is 32.2. The summed E-state index contributed by atoms with van der Waals surface area (Å²) in [4.78, 5) is 10.4. The molecule has 0 aliphatic carbocycles. The van der Waals surface area contributed by atoms with E-state index in [-0.39, 0.29) is 11.3 Å². The zero-order valence-corrected chi connectivity index (χ0v) is 14.8. The monoisotopic (exact) mass is 356 g/mol. The molecule has 1 aromatic rings. The van der Waals surface area contributed by atoms with Gasteiger partial charge in [-0.15, -0.1) is 0 Å². The molecule has 2 rings (SSSR count). The van der Waals surface area contributed by atoms with Gasteiger partial charge in [0.15, 0.2) is 0 Å². The average Bonchev–Trinajstić information content (AvgIpc) is 2.98. The number of hydrazine groups is 1. The molecular formula is C16H24N2O5S. The van der Waals surface area contributed by atoms with Gasteiger partial charge in [-0.1, -0.05) is 13.3 Å². The van der Waals surface area contributed by atoms with E-state index in [2.05, 4.69) is 6.92 Å². The maximum absolute atomic E-state index is 13.1. The van der Waals surface area contributed by atoms with E-state index in [1.807, 2.05) is 0 Å². The topological polar surface area (TPSA) is 98.9 Å². The first kappa shape index (κ1) is 18.7. The summed E-state index contributed by atoms with van der Waals surface area (Å²) in [6, 6.07) is 6.05. The number of unbranched alkanes of at least 4 members (excludes halogenated alkanes) is 1. The van der Waals surface area contributed by atoms with Crippen molar-refractivity contribution < 1.29 is 22.7 Å². The lowest BCUT2D eigenvalue weighted by Crippen LogP contribution is -2.59. The maximum atomic E-state index is 13.1. The Morgan fingerprint density at radius 1 is 1.33 bits per heavy atom. The highest BCUT2D eigenvalue weighted by molar-refractivity contribution is 7.93. The fourth-order valence-electron chi connectivity index (χ4n) is 2.83. The van der Waals surface area contributed by atoms with E-state index in [0.717, 1.165) is 25.0 Å². The molecule has 1 unspecified atom stereocenters. The molecule has 1 aliphatic rings. The first-order valence-corrected chi connectivity index (χ1v) is 9.46. The molecule has 0 radical (unpaired) electrons. The molecule has 1 saturated heterocycles. The van der Waals surface area contributed by atoms with Crippen LogP contribution >= 0.6 is 0 Å². The van der Waals surface area contributed by atoms with Crippen LogP contribution in [0.15, 0.2) is 29.2 Å². The molecule has 1 aromatic carbocycles. The van der Waals surface area contributed by atoms with Gasteiger partial charge in [0.2, 0.25) is 14.7 Å². The number of carbonyl (C=O) groups is 1. The van der Waals surface area contributed by atoms with Gasteiger partial charge in [-0.3, -0.25) is 5.84 Å². The van der Waals surface area contributed by atoms with Crippen molar-refractivity contribution in [3.8, 4) is 5.75 Å². The molecule has 1 fully saturated rings. The highest BCUT2D eigenvalue weighted by Gasteiger charge is 2.58. The van der Waals surface area contributed by atoms with Crippen LogP contribution in [0.3, 0.4) is 0 Å². The van der Waals surface area contributed by atoms with Gasteiger partial charge in [-0.05, 0) is 43.5 Å². The van der Waals surface area contributed by atoms with Gasteiger partial charge in [0.05, 0.1) is 18.6 Å². The van der Waals surface area contributed by atoms with Gasteiger partial charge in [-0.2, -0.15) is 0 Å². The van der Waals surface area contributed by atoms with Gasteiger partial charge < -0.3 is 9.47 Å². The second-order valence-electron chi connectivity index (χ2n) is 5.75. The number of methoxy groups -OCH3 is 1. The number of nitrogens with zero attached hydrogens (tertiary/aromatic N) is 1. The second-order valence-corrected chi connectivity index (χ2v) is 7.90. The lowest BCUT2D eigenvalue weighted by atomic mass is 10.2. The van der Waals surface area contributed by atoms with E-state index in [1.54, 1.807) is 12.1 Å². The van der Waals surface area contributed by atoms with Crippen molar-refractivity contribution in [2.45, 2.75) is 42.4 Å². The largest absolute Gasteiger partial charge is 0.494 e. The molecule has 0 bridgehead atoms. The third-order valence-corrected chi connectivity index (χ3v) is 6.62. The normalized spacial score (nSPS) is 21.6. The maximum Gasteiger partial charge on any atom is 0.343 e. The van der Waals surface area contributed by atoms with Crippen molar-refractivity contribution >= 4 is 15.8 Å². The molecular weight excluding hydrogens is 332 g/mol. The third-order valence-electron chi connectivity index (χ3n) is 4.23. The number of esters is 1. The SMILES string of the molecule is CCCCOc1ccc(S(=O)(=O)C2(C(=O)OC)CCCN2N)cc1. The van der Waals surface area contributed by atoms with Crippen LogP contribution < -0.4 is 10.6 Å². The Hall–Kier alpha value is -1.64. The van der Waals surface area contributed by atoms with Crippen LogP contribution in [0.1, 0.15) is 32.6 Å². The van der Waals surface area contributed by atoms with E-state index >= 15 is 0 Å². The number of ether oxygens (including phenoxy) is 2. The Morgan fingerprint density at radius 2 is 2.00 bits per heavy atom. The van der Waals surface area contributed by atoms with E-state index in [1.165, 1.54) is 12.1 Å². The number of hydrogen-bond acceptors (Lipinski definition) is 7. The second kappa shape index (κ2) is 7.50.